The third-order valence-electron chi connectivity index (χ3n) is 1.87. The summed E-state index contributed by atoms with van der Waals surface area (Å²) in [6.07, 6.45) is 0. The Hall–Kier alpha value is -1.86. The number of aromatic nitrogens is 1. The van der Waals surface area contributed by atoms with Gasteiger partial charge in [-0.25, -0.2) is 9.78 Å². The molecule has 0 bridgehead atoms. The molecule has 1 aromatic rings. The molecule has 98 valence electrons. The molecule has 0 aliphatic heterocycles. The van der Waals surface area contributed by atoms with Crippen LogP contribution in [-0.2, 0) is 9.53 Å². The summed E-state index contributed by atoms with van der Waals surface area (Å²) >= 11 is 5.67. The molecule has 8 heteroatoms. The van der Waals surface area contributed by atoms with Crippen molar-refractivity contribution in [2.75, 3.05) is 25.1 Å². The van der Waals surface area contributed by atoms with Gasteiger partial charge in [-0.3, -0.25) is 4.79 Å². The summed E-state index contributed by atoms with van der Waals surface area (Å²) in [6.45, 7) is 0.285. The van der Waals surface area contributed by atoms with Gasteiger partial charge < -0.3 is 20.9 Å². The Kier molecular flexibility index (Phi) is 5.34. The lowest BCUT2D eigenvalue weighted by molar-refractivity contribution is -0.122. The fraction of sp³-hybridized carbons (Fsp3) is 0.300. The number of hydrogen-bond acceptors (Lipinski definition) is 5. The van der Waals surface area contributed by atoms with Gasteiger partial charge in [0.1, 0.15) is 23.1 Å². The molecular weight excluding hydrogens is 262 g/mol. The Morgan fingerprint density at radius 3 is 2.83 bits per heavy atom. The second-order valence-electron chi connectivity index (χ2n) is 3.28. The number of carboxylic acid groups (broad SMARTS) is 1. The number of nitrogens with one attached hydrogen (secondary N) is 1. The first kappa shape index (κ1) is 14.2. The molecule has 0 aromatic carbocycles. The number of carbonyl (C=O) groups is 2. The van der Waals surface area contributed by atoms with Gasteiger partial charge >= 0.3 is 5.97 Å². The van der Waals surface area contributed by atoms with Crippen molar-refractivity contribution in [2.45, 2.75) is 0 Å². The van der Waals surface area contributed by atoms with Crippen LogP contribution < -0.4 is 11.1 Å². The van der Waals surface area contributed by atoms with Crippen LogP contribution in [0.5, 0.6) is 0 Å². The second kappa shape index (κ2) is 6.77. The minimum absolute atomic E-state index is 0.00861. The topological polar surface area (TPSA) is 115 Å². The minimum Gasteiger partial charge on any atom is -0.478 e. The highest BCUT2D eigenvalue weighted by atomic mass is 35.5. The average molecular weight is 274 g/mol. The lowest BCUT2D eigenvalue weighted by atomic mass is 10.2. The third-order valence-corrected chi connectivity index (χ3v) is 2.09. The normalized spacial score (nSPS) is 10.1. The summed E-state index contributed by atoms with van der Waals surface area (Å²) in [5, 5.41) is 11.9. The van der Waals surface area contributed by atoms with Gasteiger partial charge in [-0.15, -0.1) is 0 Å². The number of rotatable bonds is 7. The average Bonchev–Trinajstić information content (AvgIpc) is 2.27. The summed E-state index contributed by atoms with van der Waals surface area (Å²) in [5.41, 5.74) is 4.89. The fourth-order valence-corrected chi connectivity index (χ4v) is 1.30. The van der Waals surface area contributed by atoms with Crippen molar-refractivity contribution in [3.63, 3.8) is 0 Å². The van der Waals surface area contributed by atoms with Gasteiger partial charge in [0.25, 0.3) is 0 Å². The Morgan fingerprint density at radius 1 is 1.50 bits per heavy atom. The molecule has 1 rings (SSSR count). The number of amides is 1. The number of aromatic carboxylic acids is 1. The predicted octanol–water partition coefficient (Wildman–Crippen LogP) is 0.347. The molecule has 0 spiro atoms. The molecular formula is C10H12ClN3O4. The van der Waals surface area contributed by atoms with E-state index in [0.29, 0.717) is 0 Å². The largest absolute Gasteiger partial charge is 0.478 e. The Labute approximate surface area is 108 Å². The van der Waals surface area contributed by atoms with Crippen LogP contribution in [0.3, 0.4) is 0 Å². The van der Waals surface area contributed by atoms with Crippen molar-refractivity contribution in [2.24, 2.45) is 5.73 Å². The van der Waals surface area contributed by atoms with E-state index in [1.807, 2.05) is 0 Å². The molecule has 0 radical (unpaired) electrons. The molecule has 0 atom stereocenters. The van der Waals surface area contributed by atoms with E-state index in [2.05, 4.69) is 10.3 Å². The SMILES string of the molecule is NC(=O)COCCNc1nc(Cl)ccc1C(=O)O. The number of nitrogens with two attached hydrogens (primary N) is 1. The van der Waals surface area contributed by atoms with E-state index in [-0.39, 0.29) is 36.3 Å². The first-order chi connectivity index (χ1) is 8.50. The molecule has 0 aliphatic carbocycles. The maximum Gasteiger partial charge on any atom is 0.339 e. The third kappa shape index (κ3) is 4.56. The van der Waals surface area contributed by atoms with Gasteiger partial charge in [0.2, 0.25) is 5.91 Å². The monoisotopic (exact) mass is 273 g/mol. The van der Waals surface area contributed by atoms with Crippen LogP contribution in [0.25, 0.3) is 0 Å². The van der Waals surface area contributed by atoms with Gasteiger partial charge in [-0.1, -0.05) is 11.6 Å². The van der Waals surface area contributed by atoms with Crippen molar-refractivity contribution in [1.82, 2.24) is 4.98 Å². The standard InChI is InChI=1S/C10H12ClN3O4/c11-7-2-1-6(10(16)17)9(14-7)13-3-4-18-5-8(12)15/h1-2H,3-5H2,(H2,12,15)(H,13,14)(H,16,17). The van der Waals surface area contributed by atoms with Gasteiger partial charge in [0.05, 0.1) is 6.61 Å². The lowest BCUT2D eigenvalue weighted by Gasteiger charge is -2.08. The summed E-state index contributed by atoms with van der Waals surface area (Å²) in [5.74, 6) is -1.53. The summed E-state index contributed by atoms with van der Waals surface area (Å²) in [6, 6.07) is 2.74. The zero-order chi connectivity index (χ0) is 13.5. The highest BCUT2D eigenvalue weighted by Crippen LogP contribution is 2.16. The molecule has 0 aliphatic rings. The van der Waals surface area contributed by atoms with Crippen molar-refractivity contribution in [3.8, 4) is 0 Å². The number of nitrogens with zero attached hydrogens (tertiary/aromatic N) is 1. The Balaban J connectivity index is 2.53. The lowest BCUT2D eigenvalue weighted by Crippen LogP contribution is -2.21. The number of carbonyl (C=O) groups excluding carboxylic acids is 1. The quantitative estimate of drug-likeness (QED) is 0.488. The first-order valence-corrected chi connectivity index (χ1v) is 5.38. The zero-order valence-electron chi connectivity index (χ0n) is 9.35. The second-order valence-corrected chi connectivity index (χ2v) is 3.67. The Morgan fingerprint density at radius 2 is 2.22 bits per heavy atom. The van der Waals surface area contributed by atoms with Crippen molar-refractivity contribution >= 4 is 29.3 Å². The van der Waals surface area contributed by atoms with Gasteiger partial charge in [-0.05, 0) is 12.1 Å². The van der Waals surface area contributed by atoms with E-state index in [9.17, 15) is 9.59 Å². The summed E-state index contributed by atoms with van der Waals surface area (Å²) in [4.78, 5) is 25.1. The number of pyridine rings is 1. The number of hydrogen-bond donors (Lipinski definition) is 3. The molecule has 0 saturated carbocycles. The molecule has 1 amide bonds. The van der Waals surface area contributed by atoms with Crippen LogP contribution in [0.2, 0.25) is 5.15 Å². The van der Waals surface area contributed by atoms with Crippen molar-refractivity contribution in [1.29, 1.82) is 0 Å². The maximum absolute atomic E-state index is 10.9. The number of anilines is 1. The number of halogens is 1. The van der Waals surface area contributed by atoms with Gasteiger partial charge in [0, 0.05) is 6.54 Å². The van der Waals surface area contributed by atoms with Gasteiger partial charge in [-0.2, -0.15) is 0 Å². The van der Waals surface area contributed by atoms with Crippen LogP contribution >= 0.6 is 11.6 Å². The predicted molar refractivity (Wildman–Crippen MR) is 64.7 cm³/mol. The molecule has 18 heavy (non-hydrogen) atoms. The van der Waals surface area contributed by atoms with Gasteiger partial charge in [0.15, 0.2) is 0 Å². The van der Waals surface area contributed by atoms with Crippen molar-refractivity contribution < 1.29 is 19.4 Å². The molecule has 1 heterocycles. The number of primary amides is 1. The molecule has 1 aromatic heterocycles. The van der Waals surface area contributed by atoms with Crippen LogP contribution in [0.1, 0.15) is 10.4 Å². The van der Waals surface area contributed by atoms with E-state index in [0.717, 1.165) is 0 Å². The number of ether oxygens (including phenoxy) is 1. The van der Waals surface area contributed by atoms with Crippen LogP contribution in [0.15, 0.2) is 12.1 Å². The first-order valence-electron chi connectivity index (χ1n) is 5.00. The highest BCUT2D eigenvalue weighted by Gasteiger charge is 2.11. The molecule has 0 saturated heterocycles. The van der Waals surface area contributed by atoms with E-state index >= 15 is 0 Å². The van der Waals surface area contributed by atoms with Crippen LogP contribution in [0, 0.1) is 0 Å². The van der Waals surface area contributed by atoms with Crippen LogP contribution in [0.4, 0.5) is 5.82 Å². The van der Waals surface area contributed by atoms with E-state index in [4.69, 9.17) is 27.2 Å². The summed E-state index contributed by atoms with van der Waals surface area (Å²) in [7, 11) is 0. The van der Waals surface area contributed by atoms with Crippen LogP contribution in [-0.4, -0.2) is 41.7 Å². The van der Waals surface area contributed by atoms with E-state index in [1.54, 1.807) is 0 Å². The minimum atomic E-state index is -1.11. The number of carboxylic acids is 1. The van der Waals surface area contributed by atoms with Crippen molar-refractivity contribution in [3.05, 3.63) is 22.8 Å². The molecule has 0 unspecified atom stereocenters. The Bertz CT molecular complexity index is 453. The maximum atomic E-state index is 10.9. The van der Waals surface area contributed by atoms with E-state index < -0.39 is 11.9 Å². The molecule has 0 fully saturated rings. The smallest absolute Gasteiger partial charge is 0.339 e. The molecule has 4 N–H and O–H groups in total. The highest BCUT2D eigenvalue weighted by molar-refractivity contribution is 6.29. The van der Waals surface area contributed by atoms with E-state index in [1.165, 1.54) is 12.1 Å². The fourth-order valence-electron chi connectivity index (χ4n) is 1.16. The zero-order valence-corrected chi connectivity index (χ0v) is 10.1. The molecule has 7 nitrogen and oxygen atoms in total. The summed E-state index contributed by atoms with van der Waals surface area (Å²) < 4.78 is 4.90.